The number of nitrogens with zero attached hydrogens (tertiary/aromatic N) is 2. The minimum atomic E-state index is -0.683. The molecule has 0 saturated heterocycles. The van der Waals surface area contributed by atoms with Gasteiger partial charge in [0.2, 0.25) is 5.88 Å². The van der Waals surface area contributed by atoms with Gasteiger partial charge in [-0.3, -0.25) is 19.3 Å². The Bertz CT molecular complexity index is 780. The Morgan fingerprint density at radius 1 is 1.41 bits per heavy atom. The van der Waals surface area contributed by atoms with Crippen molar-refractivity contribution in [2.45, 2.75) is 38.3 Å². The highest BCUT2D eigenvalue weighted by Gasteiger charge is 2.16. The van der Waals surface area contributed by atoms with E-state index >= 15 is 0 Å². The maximum absolute atomic E-state index is 11.9. The third-order valence-corrected chi connectivity index (χ3v) is 3.84. The molecule has 1 aliphatic rings. The van der Waals surface area contributed by atoms with Crippen molar-refractivity contribution >= 4 is 6.21 Å². The summed E-state index contributed by atoms with van der Waals surface area (Å²) in [6.07, 6.45) is 7.07. The number of rotatable bonds is 4. The van der Waals surface area contributed by atoms with Crippen molar-refractivity contribution in [2.75, 3.05) is 0 Å². The molecule has 0 unspecified atom stereocenters. The summed E-state index contributed by atoms with van der Waals surface area (Å²) < 4.78 is 6.21. The summed E-state index contributed by atoms with van der Waals surface area (Å²) in [7, 11) is 0. The number of aliphatic imine (C=N–C) groups is 1. The molecule has 0 radical (unpaired) electrons. The first-order valence-corrected chi connectivity index (χ1v) is 7.27. The van der Waals surface area contributed by atoms with Gasteiger partial charge in [0.15, 0.2) is 0 Å². The fourth-order valence-corrected chi connectivity index (χ4v) is 2.63. The van der Waals surface area contributed by atoms with Gasteiger partial charge in [0.25, 0.3) is 5.56 Å². The van der Waals surface area contributed by atoms with Crippen molar-refractivity contribution in [1.29, 1.82) is 0 Å². The molecule has 1 aliphatic carbocycles. The van der Waals surface area contributed by atoms with Gasteiger partial charge in [-0.2, -0.15) is 0 Å². The minimum absolute atomic E-state index is 0.00180. The topological polar surface area (TPSA) is 101 Å². The van der Waals surface area contributed by atoms with Crippen molar-refractivity contribution in [1.82, 2.24) is 9.55 Å². The van der Waals surface area contributed by atoms with Crippen LogP contribution in [-0.4, -0.2) is 26.9 Å². The molecule has 2 N–H and O–H groups in total. The van der Waals surface area contributed by atoms with E-state index in [4.69, 9.17) is 4.42 Å². The summed E-state index contributed by atoms with van der Waals surface area (Å²) in [5.74, 6) is 0.107. The zero-order chi connectivity index (χ0) is 15.5. The molecule has 22 heavy (non-hydrogen) atoms. The second-order valence-corrected chi connectivity index (χ2v) is 5.38. The SMILES string of the molecule is O=c1[nH]c(=O)n(Cc2ccco2)c(O)c1C=NC1CCCC1. The van der Waals surface area contributed by atoms with Crippen molar-refractivity contribution in [3.63, 3.8) is 0 Å². The lowest BCUT2D eigenvalue weighted by atomic mass is 10.2. The van der Waals surface area contributed by atoms with E-state index in [0.717, 1.165) is 30.3 Å². The van der Waals surface area contributed by atoms with Gasteiger partial charge in [0.05, 0.1) is 12.8 Å². The molecule has 2 aromatic heterocycles. The zero-order valence-corrected chi connectivity index (χ0v) is 12.0. The Hall–Kier alpha value is -2.57. The highest BCUT2D eigenvalue weighted by molar-refractivity contribution is 5.82. The van der Waals surface area contributed by atoms with Crippen LogP contribution < -0.4 is 11.2 Å². The van der Waals surface area contributed by atoms with Gasteiger partial charge >= 0.3 is 5.69 Å². The number of H-pyrrole nitrogens is 1. The molecule has 0 amide bonds. The van der Waals surface area contributed by atoms with Gasteiger partial charge in [-0.25, -0.2) is 4.79 Å². The van der Waals surface area contributed by atoms with E-state index < -0.39 is 17.1 Å². The van der Waals surface area contributed by atoms with Crippen molar-refractivity contribution in [3.05, 3.63) is 50.6 Å². The fourth-order valence-electron chi connectivity index (χ4n) is 2.63. The average molecular weight is 303 g/mol. The summed E-state index contributed by atoms with van der Waals surface area (Å²) in [5.41, 5.74) is -1.32. The zero-order valence-electron chi connectivity index (χ0n) is 12.0. The summed E-state index contributed by atoms with van der Waals surface area (Å²) in [5, 5.41) is 10.2. The molecule has 0 bridgehead atoms. The molecule has 2 heterocycles. The Morgan fingerprint density at radius 2 is 2.18 bits per heavy atom. The van der Waals surface area contributed by atoms with E-state index in [1.54, 1.807) is 12.1 Å². The van der Waals surface area contributed by atoms with Gasteiger partial charge in [0.1, 0.15) is 11.3 Å². The van der Waals surface area contributed by atoms with Crippen LogP contribution in [0.2, 0.25) is 0 Å². The summed E-state index contributed by atoms with van der Waals surface area (Å²) in [4.78, 5) is 30.3. The lowest BCUT2D eigenvalue weighted by Crippen LogP contribution is -2.32. The molecule has 7 nitrogen and oxygen atoms in total. The smallest absolute Gasteiger partial charge is 0.331 e. The quantitative estimate of drug-likeness (QED) is 0.830. The Morgan fingerprint density at radius 3 is 2.86 bits per heavy atom. The number of aromatic amines is 1. The molecule has 0 aliphatic heterocycles. The highest BCUT2D eigenvalue weighted by Crippen LogP contribution is 2.21. The van der Waals surface area contributed by atoms with Crippen LogP contribution in [0.15, 0.2) is 37.4 Å². The van der Waals surface area contributed by atoms with Gasteiger partial charge in [0, 0.05) is 12.3 Å². The molecule has 1 saturated carbocycles. The van der Waals surface area contributed by atoms with E-state index in [1.165, 1.54) is 12.5 Å². The van der Waals surface area contributed by atoms with Gasteiger partial charge in [-0.15, -0.1) is 0 Å². The predicted octanol–water partition coefficient (Wildman–Crippen LogP) is 1.24. The standard InChI is InChI=1S/C15H17N3O4/c19-13-12(8-16-10-4-1-2-5-10)14(20)18(15(21)17-13)9-11-6-3-7-22-11/h3,6-8,10,20H,1-2,4-5,9H2,(H,17,19,21). The van der Waals surface area contributed by atoms with E-state index in [2.05, 4.69) is 9.98 Å². The molecule has 0 spiro atoms. The molecular formula is C15H17N3O4. The molecule has 3 rings (SSSR count). The first-order valence-electron chi connectivity index (χ1n) is 7.27. The maximum Gasteiger partial charge on any atom is 0.331 e. The number of hydrogen-bond donors (Lipinski definition) is 2. The lowest BCUT2D eigenvalue weighted by Gasteiger charge is -2.08. The number of aromatic hydroxyl groups is 1. The highest BCUT2D eigenvalue weighted by atomic mass is 16.3. The van der Waals surface area contributed by atoms with E-state index in [1.807, 2.05) is 0 Å². The lowest BCUT2D eigenvalue weighted by molar-refractivity contribution is 0.392. The molecule has 116 valence electrons. The fraction of sp³-hybridized carbons (Fsp3) is 0.400. The van der Waals surface area contributed by atoms with Crippen LogP contribution in [0.5, 0.6) is 5.88 Å². The third-order valence-electron chi connectivity index (χ3n) is 3.84. The van der Waals surface area contributed by atoms with Crippen LogP contribution in [-0.2, 0) is 6.54 Å². The van der Waals surface area contributed by atoms with Crippen LogP contribution in [0.25, 0.3) is 0 Å². The molecule has 1 fully saturated rings. The second-order valence-electron chi connectivity index (χ2n) is 5.38. The van der Waals surface area contributed by atoms with Crippen molar-refractivity contribution in [3.8, 4) is 5.88 Å². The van der Waals surface area contributed by atoms with Crippen LogP contribution in [0.3, 0.4) is 0 Å². The summed E-state index contributed by atoms with van der Waals surface area (Å²) in [6.45, 7) is 0.0404. The maximum atomic E-state index is 11.9. The van der Waals surface area contributed by atoms with E-state index in [0.29, 0.717) is 5.76 Å². The Kier molecular flexibility index (Phi) is 3.95. The van der Waals surface area contributed by atoms with Gasteiger partial charge in [-0.1, -0.05) is 12.8 Å². The first-order chi connectivity index (χ1) is 10.6. The number of hydrogen-bond acceptors (Lipinski definition) is 5. The van der Waals surface area contributed by atoms with Crippen molar-refractivity contribution in [2.24, 2.45) is 4.99 Å². The van der Waals surface area contributed by atoms with Crippen LogP contribution in [0.4, 0.5) is 0 Å². The average Bonchev–Trinajstić information content (AvgIpc) is 3.16. The minimum Gasteiger partial charge on any atom is -0.494 e. The first kappa shape index (κ1) is 14.4. The normalized spacial score (nSPS) is 15.8. The van der Waals surface area contributed by atoms with E-state index in [9.17, 15) is 14.7 Å². The summed E-state index contributed by atoms with van der Waals surface area (Å²) >= 11 is 0. The third kappa shape index (κ3) is 2.88. The van der Waals surface area contributed by atoms with Crippen LogP contribution in [0.1, 0.15) is 37.0 Å². The number of aromatic nitrogens is 2. The second kappa shape index (κ2) is 6.05. The predicted molar refractivity (Wildman–Crippen MR) is 80.6 cm³/mol. The molecule has 0 aromatic carbocycles. The summed E-state index contributed by atoms with van der Waals surface area (Å²) in [6, 6.07) is 3.55. The molecule has 7 heteroatoms. The number of furan rings is 1. The number of nitrogens with one attached hydrogen (secondary N) is 1. The van der Waals surface area contributed by atoms with Crippen LogP contribution in [0, 0.1) is 0 Å². The Labute approximate surface area is 125 Å². The Balaban J connectivity index is 1.95. The monoisotopic (exact) mass is 303 g/mol. The van der Waals surface area contributed by atoms with Gasteiger partial charge < -0.3 is 9.52 Å². The molecular weight excluding hydrogens is 286 g/mol. The van der Waals surface area contributed by atoms with Crippen LogP contribution >= 0.6 is 0 Å². The van der Waals surface area contributed by atoms with E-state index in [-0.39, 0.29) is 18.2 Å². The molecule has 0 atom stereocenters. The van der Waals surface area contributed by atoms with Crippen molar-refractivity contribution < 1.29 is 9.52 Å². The van der Waals surface area contributed by atoms with Gasteiger partial charge in [-0.05, 0) is 25.0 Å². The largest absolute Gasteiger partial charge is 0.494 e. The molecule has 2 aromatic rings.